The van der Waals surface area contributed by atoms with Gasteiger partial charge in [0, 0.05) is 6.92 Å². The van der Waals surface area contributed by atoms with E-state index in [1.54, 1.807) is 24.3 Å². The van der Waals surface area contributed by atoms with Crippen LogP contribution in [0.2, 0.25) is 0 Å². The Hall–Kier alpha value is -2.29. The van der Waals surface area contributed by atoms with Crippen LogP contribution < -0.4 is 4.74 Å². The average molecular weight is 228 g/mol. The molecule has 2 aromatic rings. The average Bonchev–Trinajstić information content (AvgIpc) is 2.30. The molecule has 0 aliphatic rings. The Kier molecular flexibility index (Phi) is 3.10. The van der Waals surface area contributed by atoms with E-state index < -0.39 is 0 Å². The van der Waals surface area contributed by atoms with Crippen LogP contribution in [0.5, 0.6) is 11.5 Å². The highest BCUT2D eigenvalue weighted by atomic mass is 16.5. The summed E-state index contributed by atoms with van der Waals surface area (Å²) in [4.78, 5) is 10.8. The van der Waals surface area contributed by atoms with E-state index in [1.807, 2.05) is 24.3 Å². The van der Waals surface area contributed by atoms with Crippen LogP contribution in [0.25, 0.3) is 11.1 Å². The van der Waals surface area contributed by atoms with Crippen LogP contribution in [0.3, 0.4) is 0 Å². The maximum absolute atomic E-state index is 10.8. The molecule has 3 heteroatoms. The van der Waals surface area contributed by atoms with Gasteiger partial charge in [0.15, 0.2) is 0 Å². The van der Waals surface area contributed by atoms with Crippen LogP contribution in [0.15, 0.2) is 48.5 Å². The summed E-state index contributed by atoms with van der Waals surface area (Å²) in [6, 6.07) is 14.1. The van der Waals surface area contributed by atoms with Crippen LogP contribution in [-0.2, 0) is 4.79 Å². The molecule has 86 valence electrons. The predicted octanol–water partition coefficient (Wildman–Crippen LogP) is 2.98. The highest BCUT2D eigenvalue weighted by molar-refractivity contribution is 5.70. The van der Waals surface area contributed by atoms with Gasteiger partial charge in [-0.05, 0) is 35.4 Å². The highest BCUT2D eigenvalue weighted by Crippen LogP contribution is 2.24. The van der Waals surface area contributed by atoms with Gasteiger partial charge in [-0.25, -0.2) is 0 Å². The fraction of sp³-hybridized carbons (Fsp3) is 0.0714. The Bertz CT molecular complexity index is 512. The van der Waals surface area contributed by atoms with Gasteiger partial charge >= 0.3 is 5.97 Å². The molecule has 2 aromatic carbocycles. The Balaban J connectivity index is 2.23. The molecule has 0 radical (unpaired) electrons. The van der Waals surface area contributed by atoms with Crippen molar-refractivity contribution < 1.29 is 14.6 Å². The number of hydrogen-bond acceptors (Lipinski definition) is 3. The summed E-state index contributed by atoms with van der Waals surface area (Å²) in [6.07, 6.45) is 0. The lowest BCUT2D eigenvalue weighted by Gasteiger charge is -2.04. The largest absolute Gasteiger partial charge is 0.508 e. The topological polar surface area (TPSA) is 46.5 Å². The van der Waals surface area contributed by atoms with Gasteiger partial charge in [-0.3, -0.25) is 4.79 Å². The molecule has 0 fully saturated rings. The molecular weight excluding hydrogens is 216 g/mol. The van der Waals surface area contributed by atoms with Crippen molar-refractivity contribution in [3.63, 3.8) is 0 Å². The number of aromatic hydroxyl groups is 1. The monoisotopic (exact) mass is 228 g/mol. The second-order valence-corrected chi connectivity index (χ2v) is 3.66. The van der Waals surface area contributed by atoms with E-state index in [0.29, 0.717) is 5.75 Å². The third-order valence-electron chi connectivity index (χ3n) is 2.32. The van der Waals surface area contributed by atoms with E-state index in [9.17, 15) is 9.90 Å². The van der Waals surface area contributed by atoms with E-state index in [-0.39, 0.29) is 11.7 Å². The van der Waals surface area contributed by atoms with Gasteiger partial charge in [0.1, 0.15) is 11.5 Å². The lowest BCUT2D eigenvalue weighted by atomic mass is 10.1. The zero-order chi connectivity index (χ0) is 12.3. The minimum atomic E-state index is -0.331. The molecule has 0 amide bonds. The van der Waals surface area contributed by atoms with Crippen molar-refractivity contribution in [3.05, 3.63) is 48.5 Å². The Morgan fingerprint density at radius 1 is 0.941 bits per heavy atom. The summed E-state index contributed by atoms with van der Waals surface area (Å²) in [6.45, 7) is 1.37. The number of phenols is 1. The first-order chi connectivity index (χ1) is 8.15. The number of esters is 1. The fourth-order valence-electron chi connectivity index (χ4n) is 1.54. The normalized spacial score (nSPS) is 9.94. The standard InChI is InChI=1S/C14H12O3/c1-10(15)17-14-8-4-12(5-9-14)11-2-6-13(16)7-3-11/h2-9,16H,1H3. The summed E-state index contributed by atoms with van der Waals surface area (Å²) in [5, 5.41) is 9.19. The van der Waals surface area contributed by atoms with Crippen LogP contribution in [-0.4, -0.2) is 11.1 Å². The van der Waals surface area contributed by atoms with Gasteiger partial charge in [-0.1, -0.05) is 24.3 Å². The molecule has 0 spiro atoms. The van der Waals surface area contributed by atoms with Crippen molar-refractivity contribution in [1.29, 1.82) is 0 Å². The van der Waals surface area contributed by atoms with Crippen molar-refractivity contribution in [2.24, 2.45) is 0 Å². The molecule has 0 aromatic heterocycles. The predicted molar refractivity (Wildman–Crippen MR) is 64.9 cm³/mol. The Labute approximate surface area is 99.3 Å². The third-order valence-corrected chi connectivity index (χ3v) is 2.32. The molecule has 0 aliphatic heterocycles. The maximum Gasteiger partial charge on any atom is 0.308 e. The Morgan fingerprint density at radius 3 is 1.88 bits per heavy atom. The minimum Gasteiger partial charge on any atom is -0.508 e. The molecule has 0 unspecified atom stereocenters. The number of carbonyl (C=O) groups excluding carboxylic acids is 1. The summed E-state index contributed by atoms with van der Waals surface area (Å²) < 4.78 is 4.95. The number of hydrogen-bond donors (Lipinski definition) is 1. The molecule has 0 aliphatic carbocycles. The molecule has 17 heavy (non-hydrogen) atoms. The maximum atomic E-state index is 10.8. The van der Waals surface area contributed by atoms with Gasteiger partial charge in [0.2, 0.25) is 0 Å². The van der Waals surface area contributed by atoms with Crippen LogP contribution >= 0.6 is 0 Å². The van der Waals surface area contributed by atoms with Crippen molar-refractivity contribution in [2.45, 2.75) is 6.92 Å². The molecule has 0 saturated carbocycles. The fourth-order valence-corrected chi connectivity index (χ4v) is 1.54. The molecular formula is C14H12O3. The second-order valence-electron chi connectivity index (χ2n) is 3.66. The summed E-state index contributed by atoms with van der Waals surface area (Å²) in [5.41, 5.74) is 2.00. The summed E-state index contributed by atoms with van der Waals surface area (Å²) in [5.74, 6) is 0.438. The Morgan fingerprint density at radius 2 is 1.41 bits per heavy atom. The zero-order valence-corrected chi connectivity index (χ0v) is 9.38. The zero-order valence-electron chi connectivity index (χ0n) is 9.38. The smallest absolute Gasteiger partial charge is 0.308 e. The van der Waals surface area contributed by atoms with E-state index in [1.165, 1.54) is 6.92 Å². The van der Waals surface area contributed by atoms with Crippen molar-refractivity contribution >= 4 is 5.97 Å². The van der Waals surface area contributed by atoms with Gasteiger partial charge in [0.05, 0.1) is 0 Å². The van der Waals surface area contributed by atoms with E-state index in [0.717, 1.165) is 11.1 Å². The molecule has 0 bridgehead atoms. The molecule has 0 atom stereocenters. The van der Waals surface area contributed by atoms with Crippen LogP contribution in [0.1, 0.15) is 6.92 Å². The van der Waals surface area contributed by atoms with E-state index >= 15 is 0 Å². The quantitative estimate of drug-likeness (QED) is 0.635. The molecule has 0 saturated heterocycles. The van der Waals surface area contributed by atoms with Crippen molar-refractivity contribution in [1.82, 2.24) is 0 Å². The van der Waals surface area contributed by atoms with E-state index in [4.69, 9.17) is 4.74 Å². The summed E-state index contributed by atoms with van der Waals surface area (Å²) >= 11 is 0. The minimum absolute atomic E-state index is 0.241. The number of phenolic OH excluding ortho intramolecular Hbond substituents is 1. The number of benzene rings is 2. The molecule has 0 heterocycles. The molecule has 2 rings (SSSR count). The number of carbonyl (C=O) groups is 1. The van der Waals surface area contributed by atoms with Gasteiger partial charge < -0.3 is 9.84 Å². The first kappa shape index (κ1) is 11.2. The van der Waals surface area contributed by atoms with Crippen LogP contribution in [0.4, 0.5) is 0 Å². The van der Waals surface area contributed by atoms with Gasteiger partial charge in [-0.2, -0.15) is 0 Å². The number of rotatable bonds is 2. The lowest BCUT2D eigenvalue weighted by Crippen LogP contribution is -2.00. The highest BCUT2D eigenvalue weighted by Gasteiger charge is 2.00. The first-order valence-corrected chi connectivity index (χ1v) is 5.23. The van der Waals surface area contributed by atoms with Crippen molar-refractivity contribution in [3.8, 4) is 22.6 Å². The van der Waals surface area contributed by atoms with E-state index in [2.05, 4.69) is 0 Å². The van der Waals surface area contributed by atoms with Gasteiger partial charge in [0.25, 0.3) is 0 Å². The SMILES string of the molecule is CC(=O)Oc1ccc(-c2ccc(O)cc2)cc1. The summed E-state index contributed by atoms with van der Waals surface area (Å²) in [7, 11) is 0. The lowest BCUT2D eigenvalue weighted by molar-refractivity contribution is -0.131. The number of ether oxygens (including phenoxy) is 1. The van der Waals surface area contributed by atoms with Crippen LogP contribution in [0, 0.1) is 0 Å². The first-order valence-electron chi connectivity index (χ1n) is 5.23. The third kappa shape index (κ3) is 2.84. The molecule has 3 nitrogen and oxygen atoms in total. The van der Waals surface area contributed by atoms with Crippen molar-refractivity contribution in [2.75, 3.05) is 0 Å². The van der Waals surface area contributed by atoms with Gasteiger partial charge in [-0.15, -0.1) is 0 Å². The second kappa shape index (κ2) is 4.70. The molecule has 1 N–H and O–H groups in total.